The van der Waals surface area contributed by atoms with Gasteiger partial charge in [-0.1, -0.05) is 18.2 Å². The van der Waals surface area contributed by atoms with Crippen molar-refractivity contribution in [2.75, 3.05) is 19.6 Å². The minimum atomic E-state index is -0.455. The first kappa shape index (κ1) is 27.2. The molecule has 0 saturated carbocycles. The highest BCUT2D eigenvalue weighted by atomic mass is 16.6. The van der Waals surface area contributed by atoms with Gasteiger partial charge in [-0.15, -0.1) is 0 Å². The van der Waals surface area contributed by atoms with Crippen LogP contribution in [0.25, 0.3) is 10.9 Å². The number of aryl methyl sites for hydroxylation is 1. The smallest absolute Gasteiger partial charge is 0.410 e. The van der Waals surface area contributed by atoms with Crippen molar-refractivity contribution in [3.8, 4) is 0 Å². The van der Waals surface area contributed by atoms with Crippen molar-refractivity contribution in [2.24, 2.45) is 13.0 Å². The van der Waals surface area contributed by atoms with Crippen LogP contribution < -0.4 is 5.32 Å². The van der Waals surface area contributed by atoms with E-state index in [1.807, 2.05) is 37.4 Å². The second-order valence-electron chi connectivity index (χ2n) is 13.4. The van der Waals surface area contributed by atoms with Gasteiger partial charge >= 0.3 is 6.09 Å². The first-order valence-corrected chi connectivity index (χ1v) is 15.1. The quantitative estimate of drug-likeness (QED) is 0.566. The van der Waals surface area contributed by atoms with Crippen LogP contribution >= 0.6 is 0 Å². The number of nitrogens with one attached hydrogen (secondary N) is 1. The van der Waals surface area contributed by atoms with Gasteiger partial charge in [-0.05, 0) is 83.1 Å². The molecule has 4 aliphatic rings. The first-order valence-electron chi connectivity index (χ1n) is 15.1. The van der Waals surface area contributed by atoms with E-state index in [1.165, 1.54) is 18.4 Å². The highest BCUT2D eigenvalue weighted by Gasteiger charge is 2.43. The topological polar surface area (TPSA) is 96.8 Å². The number of amides is 3. The lowest BCUT2D eigenvalue weighted by Gasteiger charge is -2.42. The Balaban J connectivity index is 1.13. The van der Waals surface area contributed by atoms with Crippen LogP contribution in [0.1, 0.15) is 95.2 Å². The summed E-state index contributed by atoms with van der Waals surface area (Å²) in [6, 6.07) is 7.63. The van der Waals surface area contributed by atoms with E-state index >= 15 is 0 Å². The lowest BCUT2D eigenvalue weighted by Crippen LogP contribution is -2.48. The van der Waals surface area contributed by atoms with Gasteiger partial charge in [0.25, 0.3) is 0 Å². The molecule has 5 heterocycles. The zero-order chi connectivity index (χ0) is 28.2. The van der Waals surface area contributed by atoms with Gasteiger partial charge in [0.15, 0.2) is 0 Å². The SMILES string of the molecule is Cn1nc(C2CCC(=O)NC2=O)c2cccc(C3C[C@H]4CC[C@@H](C3)N4CC3CCN(C(=O)OC(C)(C)C)CC3)c21. The summed E-state index contributed by atoms with van der Waals surface area (Å²) in [6.45, 7) is 8.45. The van der Waals surface area contributed by atoms with Gasteiger partial charge in [-0.3, -0.25) is 24.5 Å². The van der Waals surface area contributed by atoms with Gasteiger partial charge in [0.05, 0.1) is 17.1 Å². The molecule has 4 fully saturated rings. The number of piperidine rings is 3. The Morgan fingerprint density at radius 3 is 2.40 bits per heavy atom. The fourth-order valence-corrected chi connectivity index (χ4v) is 7.68. The maximum absolute atomic E-state index is 12.6. The average Bonchev–Trinajstić information content (AvgIpc) is 3.34. The number of aromatic nitrogens is 2. The Kier molecular flexibility index (Phi) is 7.13. The van der Waals surface area contributed by atoms with Crippen LogP contribution in [0.5, 0.6) is 0 Å². The van der Waals surface area contributed by atoms with E-state index in [1.54, 1.807) is 0 Å². The number of carbonyl (C=O) groups excluding carboxylic acids is 3. The third-order valence-corrected chi connectivity index (χ3v) is 9.55. The molecule has 2 unspecified atom stereocenters. The Morgan fingerprint density at radius 1 is 1.05 bits per heavy atom. The number of nitrogens with zero attached hydrogens (tertiary/aromatic N) is 4. The molecule has 9 heteroatoms. The number of rotatable bonds is 4. The molecule has 4 aliphatic heterocycles. The third-order valence-electron chi connectivity index (χ3n) is 9.55. The fourth-order valence-electron chi connectivity index (χ4n) is 7.68. The molecule has 1 N–H and O–H groups in total. The molecule has 4 atom stereocenters. The number of hydrogen-bond donors (Lipinski definition) is 1. The Bertz CT molecular complexity index is 1290. The predicted octanol–water partition coefficient (Wildman–Crippen LogP) is 4.45. The number of carbonyl (C=O) groups is 3. The summed E-state index contributed by atoms with van der Waals surface area (Å²) in [5.74, 6) is 0.283. The molecule has 4 saturated heterocycles. The summed E-state index contributed by atoms with van der Waals surface area (Å²) >= 11 is 0. The second-order valence-corrected chi connectivity index (χ2v) is 13.4. The molecule has 6 rings (SSSR count). The number of benzene rings is 1. The molecule has 2 aromatic rings. The number of ether oxygens (including phenoxy) is 1. The van der Waals surface area contributed by atoms with Crippen LogP contribution in [0, 0.1) is 5.92 Å². The Hall–Kier alpha value is -2.94. The van der Waals surface area contributed by atoms with E-state index in [0.717, 1.165) is 61.9 Å². The van der Waals surface area contributed by atoms with Crippen LogP contribution in [0.3, 0.4) is 0 Å². The second kappa shape index (κ2) is 10.5. The zero-order valence-corrected chi connectivity index (χ0v) is 24.3. The van der Waals surface area contributed by atoms with E-state index in [4.69, 9.17) is 9.84 Å². The van der Waals surface area contributed by atoms with Crippen molar-refractivity contribution in [1.82, 2.24) is 24.9 Å². The number of likely N-dealkylation sites (tertiary alicyclic amines) is 1. The molecule has 40 heavy (non-hydrogen) atoms. The molecular weight excluding hydrogens is 506 g/mol. The van der Waals surface area contributed by atoms with Gasteiger partial charge in [-0.25, -0.2) is 4.79 Å². The number of para-hydroxylation sites is 1. The van der Waals surface area contributed by atoms with Gasteiger partial charge in [-0.2, -0.15) is 5.10 Å². The summed E-state index contributed by atoms with van der Waals surface area (Å²) < 4.78 is 7.54. The molecular formula is C31H43N5O4. The van der Waals surface area contributed by atoms with Crippen molar-refractivity contribution in [3.63, 3.8) is 0 Å². The average molecular weight is 550 g/mol. The van der Waals surface area contributed by atoms with Crippen LogP contribution in [-0.2, 0) is 21.4 Å². The third kappa shape index (κ3) is 5.24. The van der Waals surface area contributed by atoms with Crippen molar-refractivity contribution in [3.05, 3.63) is 29.5 Å². The largest absolute Gasteiger partial charge is 0.444 e. The minimum absolute atomic E-state index is 0.183. The van der Waals surface area contributed by atoms with Gasteiger partial charge < -0.3 is 9.64 Å². The maximum Gasteiger partial charge on any atom is 0.410 e. The molecule has 3 amide bonds. The minimum Gasteiger partial charge on any atom is -0.444 e. The lowest BCUT2D eigenvalue weighted by molar-refractivity contribution is -0.134. The normalized spacial score (nSPS) is 28.2. The molecule has 9 nitrogen and oxygen atoms in total. The van der Waals surface area contributed by atoms with Crippen molar-refractivity contribution in [2.45, 2.75) is 102 Å². The van der Waals surface area contributed by atoms with Gasteiger partial charge in [0, 0.05) is 50.6 Å². The van der Waals surface area contributed by atoms with Crippen LogP contribution in [-0.4, -0.2) is 74.8 Å². The Morgan fingerprint density at radius 2 is 1.75 bits per heavy atom. The van der Waals surface area contributed by atoms with Crippen LogP contribution in [0.2, 0.25) is 0 Å². The monoisotopic (exact) mass is 549 g/mol. The van der Waals surface area contributed by atoms with E-state index in [2.05, 4.69) is 28.4 Å². The highest BCUT2D eigenvalue weighted by molar-refractivity contribution is 6.02. The highest BCUT2D eigenvalue weighted by Crippen LogP contribution is 2.46. The fraction of sp³-hybridized carbons (Fsp3) is 0.677. The van der Waals surface area contributed by atoms with E-state index in [-0.39, 0.29) is 23.8 Å². The molecule has 0 radical (unpaired) electrons. The van der Waals surface area contributed by atoms with Crippen molar-refractivity contribution in [1.29, 1.82) is 0 Å². The van der Waals surface area contributed by atoms with Crippen molar-refractivity contribution < 1.29 is 19.1 Å². The van der Waals surface area contributed by atoms with Crippen LogP contribution in [0.4, 0.5) is 4.79 Å². The summed E-state index contributed by atoms with van der Waals surface area (Å²) in [5.41, 5.74) is 2.81. The zero-order valence-electron chi connectivity index (χ0n) is 24.3. The first-order chi connectivity index (χ1) is 19.1. The number of hydrogen-bond acceptors (Lipinski definition) is 6. The van der Waals surface area contributed by atoms with E-state index in [9.17, 15) is 14.4 Å². The molecule has 0 spiro atoms. The summed E-state index contributed by atoms with van der Waals surface area (Å²) in [6.07, 6.45) is 7.55. The summed E-state index contributed by atoms with van der Waals surface area (Å²) in [4.78, 5) is 41.5. The maximum atomic E-state index is 12.6. The molecule has 1 aromatic heterocycles. The van der Waals surface area contributed by atoms with E-state index < -0.39 is 5.60 Å². The Labute approximate surface area is 236 Å². The summed E-state index contributed by atoms with van der Waals surface area (Å²) in [7, 11) is 1.98. The summed E-state index contributed by atoms with van der Waals surface area (Å²) in [5, 5.41) is 8.36. The van der Waals surface area contributed by atoms with Crippen LogP contribution in [0.15, 0.2) is 18.2 Å². The standard InChI is InChI=1S/C31H43N5O4/c1-31(2,3)40-30(39)35-14-12-19(13-15-35)18-36-21-8-9-22(36)17-20(16-21)23-6-5-7-24-27(33-34(4)28(23)24)25-10-11-26(37)32-29(25)38/h5-7,19-22,25H,8-18H2,1-4H3,(H,32,37,38)/t20?,21-,22+,25?. The van der Waals surface area contributed by atoms with Gasteiger partial charge in [0.2, 0.25) is 11.8 Å². The lowest BCUT2D eigenvalue weighted by atomic mass is 9.82. The molecule has 216 valence electrons. The van der Waals surface area contributed by atoms with Gasteiger partial charge in [0.1, 0.15) is 5.60 Å². The molecule has 2 bridgehead atoms. The van der Waals surface area contributed by atoms with Crippen molar-refractivity contribution >= 4 is 28.8 Å². The van der Waals surface area contributed by atoms with E-state index in [0.29, 0.717) is 36.8 Å². The molecule has 1 aromatic carbocycles. The number of fused-ring (bicyclic) bond motifs is 3. The molecule has 0 aliphatic carbocycles. The number of imide groups is 1. The predicted molar refractivity (Wildman–Crippen MR) is 152 cm³/mol.